The summed E-state index contributed by atoms with van der Waals surface area (Å²) in [4.78, 5) is 17.5. The number of aromatic nitrogens is 2. The standard InChI is InChI=1S/C28H37N3O2/c1-3-31-25-14-8-7-13-24(25)30-26(31)15-16-27(33)29-20-28(2)17-9-12-23(32)18-22(19-28)21-10-5-4-6-11-21/h4-8,10-11,13-14,22-23,32H,3,9,12,15-20H2,1-2H3,(H,29,33)/t22-,23+,28+/m0/s1. The molecule has 0 spiro atoms. The number of hydrogen-bond acceptors (Lipinski definition) is 3. The number of carbonyl (C=O) groups excluding carboxylic acids is 1. The van der Waals surface area contributed by atoms with Gasteiger partial charge in [0.2, 0.25) is 5.91 Å². The lowest BCUT2D eigenvalue weighted by Gasteiger charge is -2.37. The van der Waals surface area contributed by atoms with Gasteiger partial charge in [0.25, 0.3) is 0 Å². The second kappa shape index (κ2) is 10.5. The van der Waals surface area contributed by atoms with Gasteiger partial charge in [-0.15, -0.1) is 0 Å². The molecule has 1 amide bonds. The quantitative estimate of drug-likeness (QED) is 0.522. The number of aliphatic hydroxyl groups excluding tert-OH is 1. The number of benzene rings is 2. The molecular weight excluding hydrogens is 410 g/mol. The number of imidazole rings is 1. The molecule has 5 nitrogen and oxygen atoms in total. The molecule has 2 N–H and O–H groups in total. The van der Waals surface area contributed by atoms with Gasteiger partial charge in [0.1, 0.15) is 5.82 Å². The number of carbonyl (C=O) groups is 1. The SMILES string of the molecule is CCn1c(CCC(=O)NC[C@]2(C)CCC[C@@H](O)C[C@H](c3ccccc3)C2)nc2ccccc21. The van der Waals surface area contributed by atoms with Crippen LogP contribution in [0.5, 0.6) is 0 Å². The molecule has 5 heteroatoms. The third-order valence-corrected chi connectivity index (χ3v) is 7.22. The van der Waals surface area contributed by atoms with E-state index in [0.717, 1.165) is 55.5 Å². The highest BCUT2D eigenvalue weighted by atomic mass is 16.3. The molecule has 4 rings (SSSR count). The van der Waals surface area contributed by atoms with Gasteiger partial charge in [-0.1, -0.05) is 55.8 Å². The minimum absolute atomic E-state index is 0.0207. The maximum absolute atomic E-state index is 12.8. The van der Waals surface area contributed by atoms with Crippen molar-refractivity contribution < 1.29 is 9.90 Å². The van der Waals surface area contributed by atoms with E-state index in [9.17, 15) is 9.90 Å². The normalized spacial score (nSPS) is 23.7. The van der Waals surface area contributed by atoms with E-state index in [2.05, 4.69) is 54.1 Å². The smallest absolute Gasteiger partial charge is 0.220 e. The second-order valence-electron chi connectivity index (χ2n) is 9.94. The average Bonchev–Trinajstić information content (AvgIpc) is 3.18. The topological polar surface area (TPSA) is 67.2 Å². The van der Waals surface area contributed by atoms with Crippen LogP contribution in [0.15, 0.2) is 54.6 Å². The van der Waals surface area contributed by atoms with Gasteiger partial charge in [-0.2, -0.15) is 0 Å². The number of nitrogens with zero attached hydrogens (tertiary/aromatic N) is 2. The van der Waals surface area contributed by atoms with Gasteiger partial charge in [-0.25, -0.2) is 4.98 Å². The third kappa shape index (κ3) is 5.83. The van der Waals surface area contributed by atoms with Crippen molar-refractivity contribution in [1.29, 1.82) is 0 Å². The van der Waals surface area contributed by atoms with Crippen LogP contribution in [0, 0.1) is 5.41 Å². The van der Waals surface area contributed by atoms with Crippen molar-refractivity contribution in [2.24, 2.45) is 5.41 Å². The molecule has 1 aliphatic carbocycles. The molecule has 1 saturated carbocycles. The second-order valence-corrected chi connectivity index (χ2v) is 9.94. The summed E-state index contributed by atoms with van der Waals surface area (Å²) in [7, 11) is 0. The first kappa shape index (κ1) is 23.5. The number of amides is 1. The summed E-state index contributed by atoms with van der Waals surface area (Å²) in [6, 6.07) is 18.7. The van der Waals surface area contributed by atoms with Crippen molar-refractivity contribution >= 4 is 16.9 Å². The highest BCUT2D eigenvalue weighted by Crippen LogP contribution is 2.40. The average molecular weight is 448 g/mol. The summed E-state index contributed by atoms with van der Waals surface area (Å²) in [5.74, 6) is 1.38. The minimum Gasteiger partial charge on any atom is -0.393 e. The van der Waals surface area contributed by atoms with Gasteiger partial charge in [-0.3, -0.25) is 4.79 Å². The molecule has 2 aromatic carbocycles. The van der Waals surface area contributed by atoms with Gasteiger partial charge in [0.15, 0.2) is 0 Å². The van der Waals surface area contributed by atoms with Crippen LogP contribution in [0.25, 0.3) is 11.0 Å². The van der Waals surface area contributed by atoms with Gasteiger partial charge in [-0.05, 0) is 61.6 Å². The van der Waals surface area contributed by atoms with Crippen molar-refractivity contribution in [2.75, 3.05) is 6.54 Å². The lowest BCUT2D eigenvalue weighted by Crippen LogP contribution is -2.38. The zero-order valence-electron chi connectivity index (χ0n) is 20.0. The van der Waals surface area contributed by atoms with E-state index in [-0.39, 0.29) is 17.4 Å². The van der Waals surface area contributed by atoms with Crippen molar-refractivity contribution in [3.63, 3.8) is 0 Å². The molecule has 3 aromatic rings. The number of aliphatic hydroxyl groups is 1. The van der Waals surface area contributed by atoms with E-state index in [0.29, 0.717) is 25.3 Å². The molecule has 0 bridgehead atoms. The fraction of sp³-hybridized carbons (Fsp3) is 0.500. The molecule has 0 radical (unpaired) electrons. The first-order chi connectivity index (χ1) is 16.0. The Balaban J connectivity index is 1.37. The highest BCUT2D eigenvalue weighted by Gasteiger charge is 2.32. The Morgan fingerprint density at radius 1 is 1.18 bits per heavy atom. The summed E-state index contributed by atoms with van der Waals surface area (Å²) in [5, 5.41) is 13.7. The van der Waals surface area contributed by atoms with E-state index in [1.807, 2.05) is 24.3 Å². The fourth-order valence-corrected chi connectivity index (χ4v) is 5.43. The predicted octanol–water partition coefficient (Wildman–Crippen LogP) is 5.22. The number of para-hydroxylation sites is 2. The highest BCUT2D eigenvalue weighted by molar-refractivity contribution is 5.77. The first-order valence-corrected chi connectivity index (χ1v) is 12.4. The van der Waals surface area contributed by atoms with Gasteiger partial charge in [0.05, 0.1) is 17.1 Å². The predicted molar refractivity (Wildman–Crippen MR) is 133 cm³/mol. The largest absolute Gasteiger partial charge is 0.393 e. The molecule has 3 atom stereocenters. The lowest BCUT2D eigenvalue weighted by atomic mass is 9.71. The van der Waals surface area contributed by atoms with Crippen molar-refractivity contribution in [2.45, 2.75) is 77.4 Å². The fourth-order valence-electron chi connectivity index (χ4n) is 5.43. The molecule has 33 heavy (non-hydrogen) atoms. The number of aryl methyl sites for hydroxylation is 2. The third-order valence-electron chi connectivity index (χ3n) is 7.22. The molecule has 1 aliphatic rings. The van der Waals surface area contributed by atoms with Gasteiger partial charge in [0, 0.05) is 25.9 Å². The van der Waals surface area contributed by atoms with E-state index in [4.69, 9.17) is 4.98 Å². The number of fused-ring (bicyclic) bond motifs is 1. The zero-order valence-corrected chi connectivity index (χ0v) is 20.0. The number of rotatable bonds is 7. The maximum Gasteiger partial charge on any atom is 0.220 e. The summed E-state index contributed by atoms with van der Waals surface area (Å²) in [6.45, 7) is 5.93. The van der Waals surface area contributed by atoms with E-state index in [1.165, 1.54) is 5.56 Å². The van der Waals surface area contributed by atoms with Crippen LogP contribution in [0.1, 0.15) is 69.7 Å². The summed E-state index contributed by atoms with van der Waals surface area (Å²) in [6.07, 6.45) is 5.45. The number of hydrogen-bond donors (Lipinski definition) is 2. The van der Waals surface area contributed by atoms with Crippen LogP contribution in [-0.4, -0.2) is 33.2 Å². The van der Waals surface area contributed by atoms with Crippen molar-refractivity contribution in [1.82, 2.24) is 14.9 Å². The van der Waals surface area contributed by atoms with Crippen LogP contribution < -0.4 is 5.32 Å². The Hall–Kier alpha value is -2.66. The zero-order chi connectivity index (χ0) is 23.3. The van der Waals surface area contributed by atoms with E-state index < -0.39 is 0 Å². The van der Waals surface area contributed by atoms with Crippen molar-refractivity contribution in [3.05, 3.63) is 66.0 Å². The summed E-state index contributed by atoms with van der Waals surface area (Å²) >= 11 is 0. The van der Waals surface area contributed by atoms with Crippen LogP contribution in [0.2, 0.25) is 0 Å². The molecule has 1 aromatic heterocycles. The Bertz CT molecular complexity index is 1060. The Kier molecular flexibility index (Phi) is 7.49. The molecule has 1 fully saturated rings. The number of nitrogens with one attached hydrogen (secondary N) is 1. The lowest BCUT2D eigenvalue weighted by molar-refractivity contribution is -0.121. The van der Waals surface area contributed by atoms with Crippen LogP contribution in [0.4, 0.5) is 0 Å². The Labute approximate surface area is 197 Å². The molecule has 176 valence electrons. The van der Waals surface area contributed by atoms with Crippen LogP contribution >= 0.6 is 0 Å². The van der Waals surface area contributed by atoms with E-state index >= 15 is 0 Å². The summed E-state index contributed by atoms with van der Waals surface area (Å²) in [5.41, 5.74) is 3.43. The van der Waals surface area contributed by atoms with Crippen LogP contribution in [-0.2, 0) is 17.8 Å². The first-order valence-electron chi connectivity index (χ1n) is 12.4. The maximum atomic E-state index is 12.8. The molecule has 1 heterocycles. The van der Waals surface area contributed by atoms with E-state index in [1.54, 1.807) is 0 Å². The molecular formula is C28H37N3O2. The molecule has 0 unspecified atom stereocenters. The van der Waals surface area contributed by atoms with Gasteiger partial charge < -0.3 is 15.0 Å². The summed E-state index contributed by atoms with van der Waals surface area (Å²) < 4.78 is 2.20. The molecule has 0 aliphatic heterocycles. The minimum atomic E-state index is -0.243. The van der Waals surface area contributed by atoms with Crippen LogP contribution in [0.3, 0.4) is 0 Å². The Morgan fingerprint density at radius 2 is 1.94 bits per heavy atom. The molecule has 0 saturated heterocycles. The van der Waals surface area contributed by atoms with Crippen molar-refractivity contribution in [3.8, 4) is 0 Å². The monoisotopic (exact) mass is 447 g/mol. The van der Waals surface area contributed by atoms with Gasteiger partial charge >= 0.3 is 0 Å². The Morgan fingerprint density at radius 3 is 2.73 bits per heavy atom.